The van der Waals surface area contributed by atoms with Crippen molar-refractivity contribution in [1.29, 1.82) is 0 Å². The molecule has 0 saturated carbocycles. The number of hydrogen-bond donors (Lipinski definition) is 0. The van der Waals surface area contributed by atoms with Gasteiger partial charge in [0.1, 0.15) is 0 Å². The standard InChI is InChI=1S/C25H16N3.Ir/c1-2-5-22-17-28-25(14-20(22)4-1)21-7-3-6-19(12-21)24-13-23(15-27-16-24)18-8-10-26-11-9-18;/h1-6,8-17H;/q-1;. The van der Waals surface area contributed by atoms with Gasteiger partial charge < -0.3 is 4.98 Å². The van der Waals surface area contributed by atoms with Gasteiger partial charge in [-0.25, -0.2) is 0 Å². The second-order valence-electron chi connectivity index (χ2n) is 6.61. The molecule has 0 atom stereocenters. The van der Waals surface area contributed by atoms with Crippen molar-refractivity contribution < 1.29 is 20.1 Å². The smallest absolute Gasteiger partial charge is 0.0346 e. The van der Waals surface area contributed by atoms with Crippen LogP contribution in [0.3, 0.4) is 0 Å². The Hall–Kier alpha value is -3.20. The molecule has 0 fully saturated rings. The minimum atomic E-state index is 0. The van der Waals surface area contributed by atoms with Gasteiger partial charge in [-0.05, 0) is 45.8 Å². The number of rotatable bonds is 3. The normalized spacial score (nSPS) is 10.5. The minimum Gasteiger partial charge on any atom is -0.304 e. The third-order valence-electron chi connectivity index (χ3n) is 4.79. The van der Waals surface area contributed by atoms with Gasteiger partial charge in [-0.2, -0.15) is 0 Å². The van der Waals surface area contributed by atoms with Gasteiger partial charge in [0.2, 0.25) is 0 Å². The molecule has 0 aliphatic rings. The van der Waals surface area contributed by atoms with E-state index < -0.39 is 0 Å². The van der Waals surface area contributed by atoms with E-state index in [-0.39, 0.29) is 20.1 Å². The maximum absolute atomic E-state index is 4.62. The van der Waals surface area contributed by atoms with Crippen molar-refractivity contribution >= 4 is 10.8 Å². The molecule has 2 aromatic carbocycles. The second kappa shape index (κ2) is 8.44. The first-order valence-corrected chi connectivity index (χ1v) is 9.09. The third kappa shape index (κ3) is 4.00. The molecule has 5 aromatic rings. The summed E-state index contributed by atoms with van der Waals surface area (Å²) < 4.78 is 0. The fourth-order valence-electron chi connectivity index (χ4n) is 3.32. The maximum atomic E-state index is 4.62. The van der Waals surface area contributed by atoms with Crippen LogP contribution in [0.4, 0.5) is 0 Å². The van der Waals surface area contributed by atoms with Gasteiger partial charge in [-0.15, -0.1) is 29.8 Å². The molecule has 3 nitrogen and oxygen atoms in total. The molecule has 3 aromatic heterocycles. The second-order valence-corrected chi connectivity index (χ2v) is 6.61. The summed E-state index contributed by atoms with van der Waals surface area (Å²) in [4.78, 5) is 13.1. The quantitative estimate of drug-likeness (QED) is 0.266. The average Bonchev–Trinajstić information content (AvgIpc) is 2.79. The van der Waals surface area contributed by atoms with E-state index >= 15 is 0 Å². The minimum absolute atomic E-state index is 0. The molecule has 0 saturated heterocycles. The first-order valence-electron chi connectivity index (χ1n) is 9.09. The fraction of sp³-hybridized carbons (Fsp3) is 0. The summed E-state index contributed by atoms with van der Waals surface area (Å²) in [7, 11) is 0. The van der Waals surface area contributed by atoms with E-state index in [1.807, 2.05) is 48.9 Å². The first kappa shape index (κ1) is 19.1. The van der Waals surface area contributed by atoms with Gasteiger partial charge >= 0.3 is 0 Å². The van der Waals surface area contributed by atoms with Crippen LogP contribution in [0.25, 0.3) is 44.3 Å². The molecule has 4 heteroatoms. The Kier molecular flexibility index (Phi) is 5.57. The largest absolute Gasteiger partial charge is 0.304 e. The number of aromatic nitrogens is 3. The SMILES string of the molecule is [Ir].[c-]1ccc(-c2cncc(-c3ccncc3)c2)cc1-c1cc2ccccc2cn1. The van der Waals surface area contributed by atoms with Crippen LogP contribution in [-0.2, 0) is 20.1 Å². The van der Waals surface area contributed by atoms with E-state index in [4.69, 9.17) is 0 Å². The summed E-state index contributed by atoms with van der Waals surface area (Å²) in [6, 6.07) is 25.9. The molecule has 3 heterocycles. The summed E-state index contributed by atoms with van der Waals surface area (Å²) in [6.45, 7) is 0. The van der Waals surface area contributed by atoms with Crippen LogP contribution in [0.15, 0.2) is 97.7 Å². The topological polar surface area (TPSA) is 38.7 Å². The van der Waals surface area contributed by atoms with Crippen molar-refractivity contribution in [3.8, 4) is 33.5 Å². The average molecular weight is 551 g/mol. The predicted molar refractivity (Wildman–Crippen MR) is 112 cm³/mol. The van der Waals surface area contributed by atoms with Gasteiger partial charge in [-0.1, -0.05) is 35.9 Å². The molecule has 0 amide bonds. The zero-order chi connectivity index (χ0) is 18.8. The van der Waals surface area contributed by atoms with Crippen LogP contribution < -0.4 is 0 Å². The number of fused-ring (bicyclic) bond motifs is 1. The van der Waals surface area contributed by atoms with Crippen molar-refractivity contribution in [2.24, 2.45) is 0 Å². The molecule has 5 rings (SSSR count). The van der Waals surface area contributed by atoms with E-state index in [1.54, 1.807) is 12.4 Å². The van der Waals surface area contributed by atoms with Gasteiger partial charge in [0, 0.05) is 56.7 Å². The fourth-order valence-corrected chi connectivity index (χ4v) is 3.32. The Morgan fingerprint density at radius 2 is 1.38 bits per heavy atom. The van der Waals surface area contributed by atoms with Gasteiger partial charge in [0.25, 0.3) is 0 Å². The van der Waals surface area contributed by atoms with Gasteiger partial charge in [-0.3, -0.25) is 9.97 Å². The number of nitrogens with zero attached hydrogens (tertiary/aromatic N) is 3. The van der Waals surface area contributed by atoms with Crippen molar-refractivity contribution in [2.45, 2.75) is 0 Å². The molecule has 0 N–H and O–H groups in total. The number of pyridine rings is 3. The number of hydrogen-bond acceptors (Lipinski definition) is 3. The predicted octanol–water partition coefficient (Wildman–Crippen LogP) is 5.82. The molecule has 0 aliphatic heterocycles. The third-order valence-corrected chi connectivity index (χ3v) is 4.79. The Morgan fingerprint density at radius 1 is 0.621 bits per heavy atom. The molecular formula is C25H16IrN3-. The number of benzene rings is 2. The zero-order valence-electron chi connectivity index (χ0n) is 15.4. The van der Waals surface area contributed by atoms with Gasteiger partial charge in [0.15, 0.2) is 0 Å². The Bertz CT molecular complexity index is 1270. The summed E-state index contributed by atoms with van der Waals surface area (Å²) in [6.07, 6.45) is 9.26. The summed E-state index contributed by atoms with van der Waals surface area (Å²) >= 11 is 0. The summed E-state index contributed by atoms with van der Waals surface area (Å²) in [5.74, 6) is 0. The van der Waals surface area contributed by atoms with Crippen LogP contribution >= 0.6 is 0 Å². The Morgan fingerprint density at radius 3 is 2.21 bits per heavy atom. The molecular weight excluding hydrogens is 535 g/mol. The van der Waals surface area contributed by atoms with Crippen LogP contribution in [0.5, 0.6) is 0 Å². The van der Waals surface area contributed by atoms with Crippen molar-refractivity contribution in [2.75, 3.05) is 0 Å². The monoisotopic (exact) mass is 551 g/mol. The molecule has 141 valence electrons. The van der Waals surface area contributed by atoms with E-state index in [2.05, 4.69) is 57.4 Å². The van der Waals surface area contributed by atoms with E-state index in [1.165, 1.54) is 5.39 Å². The maximum Gasteiger partial charge on any atom is 0.0346 e. The van der Waals surface area contributed by atoms with Crippen molar-refractivity contribution in [1.82, 2.24) is 15.0 Å². The zero-order valence-corrected chi connectivity index (χ0v) is 17.8. The molecule has 1 radical (unpaired) electrons. The molecule has 29 heavy (non-hydrogen) atoms. The van der Waals surface area contributed by atoms with E-state index in [0.29, 0.717) is 0 Å². The van der Waals surface area contributed by atoms with Crippen LogP contribution in [-0.4, -0.2) is 15.0 Å². The molecule has 0 unspecified atom stereocenters. The van der Waals surface area contributed by atoms with Crippen LogP contribution in [0.2, 0.25) is 0 Å². The Balaban J connectivity index is 0.00000205. The van der Waals surface area contributed by atoms with Crippen LogP contribution in [0.1, 0.15) is 0 Å². The molecule has 0 aliphatic carbocycles. The Labute approximate surface area is 182 Å². The van der Waals surface area contributed by atoms with Crippen molar-refractivity contribution in [3.63, 3.8) is 0 Å². The van der Waals surface area contributed by atoms with E-state index in [0.717, 1.165) is 38.9 Å². The molecule has 0 spiro atoms. The van der Waals surface area contributed by atoms with Crippen LogP contribution in [0, 0.1) is 6.07 Å². The summed E-state index contributed by atoms with van der Waals surface area (Å²) in [5, 5.41) is 2.31. The first-order chi connectivity index (χ1) is 13.9. The van der Waals surface area contributed by atoms with Crippen molar-refractivity contribution in [3.05, 3.63) is 104 Å². The molecule has 0 bridgehead atoms. The summed E-state index contributed by atoms with van der Waals surface area (Å²) in [5.41, 5.74) is 6.20. The van der Waals surface area contributed by atoms with E-state index in [9.17, 15) is 0 Å². The van der Waals surface area contributed by atoms with Gasteiger partial charge in [0.05, 0.1) is 0 Å².